The molecule has 0 bridgehead atoms. The van der Waals surface area contributed by atoms with Crippen LogP contribution in [0, 0.1) is 0 Å². The zero-order valence-corrected chi connectivity index (χ0v) is 16.6. The van der Waals surface area contributed by atoms with E-state index in [1.165, 1.54) is 22.5 Å². The monoisotopic (exact) mass is 401 g/mol. The number of hydrogen-bond donors (Lipinski definition) is 1. The van der Waals surface area contributed by atoms with Gasteiger partial charge in [0.1, 0.15) is 0 Å². The Labute approximate surface area is 165 Å². The fourth-order valence-electron chi connectivity index (χ4n) is 2.15. The van der Waals surface area contributed by atoms with Gasteiger partial charge in [0.2, 0.25) is 11.0 Å². The maximum absolute atomic E-state index is 12.0. The van der Waals surface area contributed by atoms with Crippen molar-refractivity contribution in [3.05, 3.63) is 71.8 Å². The van der Waals surface area contributed by atoms with Crippen molar-refractivity contribution in [3.63, 3.8) is 0 Å². The Balaban J connectivity index is 1.36. The first kappa shape index (κ1) is 18.9. The predicted molar refractivity (Wildman–Crippen MR) is 112 cm³/mol. The molecule has 0 fully saturated rings. The lowest BCUT2D eigenvalue weighted by atomic mass is 10.2. The van der Waals surface area contributed by atoms with E-state index in [1.54, 1.807) is 23.5 Å². The molecule has 1 aromatic heterocycles. The third kappa shape index (κ3) is 6.48. The molecule has 0 saturated carbocycles. The second kappa shape index (κ2) is 10.4. The number of benzene rings is 2. The molecule has 0 radical (unpaired) electrons. The number of anilines is 1. The number of carbonyl (C=O) groups is 1. The number of amides is 1. The second-order valence-corrected chi connectivity index (χ2v) is 8.79. The summed E-state index contributed by atoms with van der Waals surface area (Å²) in [6.45, 7) is 0. The fraction of sp³-hybridized carbons (Fsp3) is 0.211. The minimum atomic E-state index is -0.0127. The summed E-state index contributed by atoms with van der Waals surface area (Å²) in [6, 6.07) is 20.5. The highest BCUT2D eigenvalue weighted by Gasteiger charge is 2.09. The first-order chi connectivity index (χ1) is 12.8. The molecule has 0 aliphatic heterocycles. The van der Waals surface area contributed by atoms with Gasteiger partial charge in [0.25, 0.3) is 0 Å². The molecule has 26 heavy (non-hydrogen) atoms. The number of hydrogen-bond acceptors (Lipinski definition) is 6. The van der Waals surface area contributed by atoms with Crippen molar-refractivity contribution in [2.45, 2.75) is 22.3 Å². The lowest BCUT2D eigenvalue weighted by Gasteiger charge is -2.02. The van der Waals surface area contributed by atoms with Crippen molar-refractivity contribution >= 4 is 45.9 Å². The van der Waals surface area contributed by atoms with Crippen LogP contribution >= 0.6 is 34.9 Å². The van der Waals surface area contributed by atoms with E-state index in [0.717, 1.165) is 21.6 Å². The van der Waals surface area contributed by atoms with Gasteiger partial charge in [0, 0.05) is 23.7 Å². The Hall–Kier alpha value is -1.83. The Morgan fingerprint density at radius 2 is 1.58 bits per heavy atom. The number of thioether (sulfide) groups is 2. The average molecular weight is 402 g/mol. The Morgan fingerprint density at radius 3 is 2.27 bits per heavy atom. The highest BCUT2D eigenvalue weighted by Crippen LogP contribution is 2.28. The molecule has 3 aromatic rings. The minimum Gasteiger partial charge on any atom is -0.300 e. The Morgan fingerprint density at radius 1 is 0.923 bits per heavy atom. The summed E-state index contributed by atoms with van der Waals surface area (Å²) in [5, 5.41) is 11.6. The summed E-state index contributed by atoms with van der Waals surface area (Å²) in [4.78, 5) is 12.0. The molecule has 1 amide bonds. The minimum absolute atomic E-state index is 0.0127. The Kier molecular flexibility index (Phi) is 7.54. The maximum Gasteiger partial charge on any atom is 0.227 e. The smallest absolute Gasteiger partial charge is 0.227 e. The molecule has 0 aliphatic carbocycles. The van der Waals surface area contributed by atoms with Gasteiger partial charge in [-0.2, -0.15) is 11.8 Å². The van der Waals surface area contributed by atoms with Gasteiger partial charge in [-0.05, 0) is 11.1 Å². The number of aromatic nitrogens is 2. The molecule has 0 atom stereocenters. The topological polar surface area (TPSA) is 54.9 Å². The van der Waals surface area contributed by atoms with Crippen molar-refractivity contribution in [3.8, 4) is 0 Å². The third-order valence-corrected chi connectivity index (χ3v) is 6.52. The predicted octanol–water partition coefficient (Wildman–Crippen LogP) is 5.09. The number of nitrogens with zero attached hydrogens (tertiary/aromatic N) is 2. The van der Waals surface area contributed by atoms with Crippen LogP contribution in [0.2, 0.25) is 0 Å². The third-order valence-electron chi connectivity index (χ3n) is 3.44. The summed E-state index contributed by atoms with van der Waals surface area (Å²) in [5.74, 6) is 2.54. The van der Waals surface area contributed by atoms with E-state index in [0.29, 0.717) is 11.6 Å². The fourth-order valence-corrected chi connectivity index (χ4v) is 4.78. The molecule has 7 heteroatoms. The van der Waals surface area contributed by atoms with Crippen LogP contribution in [0.1, 0.15) is 17.5 Å². The quantitative estimate of drug-likeness (QED) is 0.307. The van der Waals surface area contributed by atoms with Gasteiger partial charge in [0.15, 0.2) is 4.34 Å². The lowest BCUT2D eigenvalue weighted by Crippen LogP contribution is -2.12. The van der Waals surface area contributed by atoms with Crippen LogP contribution in [0.3, 0.4) is 0 Å². The number of rotatable bonds is 9. The first-order valence-electron chi connectivity index (χ1n) is 8.21. The molecular weight excluding hydrogens is 382 g/mol. The molecule has 1 heterocycles. The largest absolute Gasteiger partial charge is 0.300 e. The van der Waals surface area contributed by atoms with Gasteiger partial charge in [-0.3, -0.25) is 4.79 Å². The van der Waals surface area contributed by atoms with Crippen LogP contribution in [-0.2, 0) is 16.3 Å². The van der Waals surface area contributed by atoms with Crippen molar-refractivity contribution in [1.82, 2.24) is 10.2 Å². The van der Waals surface area contributed by atoms with E-state index >= 15 is 0 Å². The number of nitrogens with one attached hydrogen (secondary N) is 1. The van der Waals surface area contributed by atoms with Gasteiger partial charge < -0.3 is 5.32 Å². The van der Waals surface area contributed by atoms with Crippen LogP contribution in [-0.4, -0.2) is 21.9 Å². The van der Waals surface area contributed by atoms with Crippen molar-refractivity contribution in [2.75, 3.05) is 11.1 Å². The van der Waals surface area contributed by atoms with Crippen LogP contribution in [0.5, 0.6) is 0 Å². The van der Waals surface area contributed by atoms with Gasteiger partial charge in [-0.15, -0.1) is 10.2 Å². The summed E-state index contributed by atoms with van der Waals surface area (Å²) in [7, 11) is 0. The molecule has 0 unspecified atom stereocenters. The van der Waals surface area contributed by atoms with Crippen molar-refractivity contribution < 1.29 is 4.79 Å². The van der Waals surface area contributed by atoms with E-state index in [1.807, 2.05) is 36.4 Å². The second-order valence-electron chi connectivity index (χ2n) is 5.48. The molecule has 0 spiro atoms. The molecule has 2 aromatic carbocycles. The normalized spacial score (nSPS) is 10.6. The van der Waals surface area contributed by atoms with E-state index in [-0.39, 0.29) is 5.91 Å². The van der Waals surface area contributed by atoms with Crippen LogP contribution in [0.4, 0.5) is 5.13 Å². The average Bonchev–Trinajstić information content (AvgIpc) is 3.12. The van der Waals surface area contributed by atoms with Gasteiger partial charge in [-0.1, -0.05) is 83.8 Å². The molecule has 0 aliphatic rings. The van der Waals surface area contributed by atoms with Gasteiger partial charge in [0.05, 0.1) is 0 Å². The lowest BCUT2D eigenvalue weighted by molar-refractivity contribution is -0.115. The highest BCUT2D eigenvalue weighted by atomic mass is 32.2. The number of carbonyl (C=O) groups excluding carboxylic acids is 1. The molecular formula is C19H19N3OS3. The van der Waals surface area contributed by atoms with E-state index in [4.69, 9.17) is 0 Å². The van der Waals surface area contributed by atoms with Crippen LogP contribution < -0.4 is 5.32 Å². The molecule has 3 rings (SSSR count). The van der Waals surface area contributed by atoms with E-state index in [2.05, 4.69) is 39.8 Å². The van der Waals surface area contributed by atoms with Crippen molar-refractivity contribution in [2.24, 2.45) is 0 Å². The summed E-state index contributed by atoms with van der Waals surface area (Å²) in [5.41, 5.74) is 2.52. The molecule has 0 saturated heterocycles. The van der Waals surface area contributed by atoms with Gasteiger partial charge >= 0.3 is 0 Å². The summed E-state index contributed by atoms with van der Waals surface area (Å²) in [6.07, 6.45) is 0.476. The zero-order chi connectivity index (χ0) is 18.0. The van der Waals surface area contributed by atoms with Gasteiger partial charge in [-0.25, -0.2) is 0 Å². The SMILES string of the molecule is O=C(CCSCc1ccccc1)Nc1nnc(SCc2ccccc2)s1. The van der Waals surface area contributed by atoms with Crippen molar-refractivity contribution in [1.29, 1.82) is 0 Å². The molecule has 134 valence electrons. The zero-order valence-electron chi connectivity index (χ0n) is 14.1. The standard InChI is InChI=1S/C19H19N3OS3/c23-17(11-12-24-13-15-7-3-1-4-8-15)20-18-21-22-19(26-18)25-14-16-9-5-2-6-10-16/h1-10H,11-14H2,(H,20,21,23). The summed E-state index contributed by atoms with van der Waals surface area (Å²) >= 11 is 4.81. The Bertz CT molecular complexity index is 809. The highest BCUT2D eigenvalue weighted by molar-refractivity contribution is 8.00. The van der Waals surface area contributed by atoms with E-state index < -0.39 is 0 Å². The summed E-state index contributed by atoms with van der Waals surface area (Å²) < 4.78 is 0.864. The van der Waals surface area contributed by atoms with Crippen LogP contribution in [0.15, 0.2) is 65.0 Å². The van der Waals surface area contributed by atoms with Crippen LogP contribution in [0.25, 0.3) is 0 Å². The van der Waals surface area contributed by atoms with E-state index in [9.17, 15) is 4.79 Å². The molecule has 4 nitrogen and oxygen atoms in total. The first-order valence-corrected chi connectivity index (χ1v) is 11.2. The molecule has 1 N–H and O–H groups in total. The maximum atomic E-state index is 12.0.